The van der Waals surface area contributed by atoms with Crippen LogP contribution in [0.15, 0.2) is 47.4 Å². The number of hydrogen-bond donors (Lipinski definition) is 1. The molecule has 0 aliphatic rings. The molecule has 3 rings (SSSR count). The van der Waals surface area contributed by atoms with Crippen molar-refractivity contribution in [1.82, 2.24) is 9.71 Å². The number of hydrogen-bond acceptors (Lipinski definition) is 10. The average molecular weight is 586 g/mol. The van der Waals surface area contributed by atoms with E-state index in [0.29, 0.717) is 57.9 Å². The van der Waals surface area contributed by atoms with Crippen LogP contribution in [0.1, 0.15) is 58.5 Å². The molecule has 0 saturated heterocycles. The SMILES string of the molecule is CCCNS(=O)(=O)c1ccc(C(=O)OCCOC(=O)c2sc(-c3ccc(OCC(C)C)c(C#N)c3)nc2C)cc1. The Morgan fingerprint density at radius 3 is 2.38 bits per heavy atom. The van der Waals surface area contributed by atoms with E-state index in [4.69, 9.17) is 14.2 Å². The number of aryl methyl sites for hydroxylation is 1. The van der Waals surface area contributed by atoms with Crippen LogP contribution in [0, 0.1) is 24.2 Å². The molecule has 0 aliphatic carbocycles. The lowest BCUT2D eigenvalue weighted by Crippen LogP contribution is -2.24. The molecule has 0 fully saturated rings. The zero-order valence-corrected chi connectivity index (χ0v) is 24.4. The summed E-state index contributed by atoms with van der Waals surface area (Å²) in [5, 5.41) is 10.1. The first-order valence-corrected chi connectivity index (χ1v) is 14.9. The number of rotatable bonds is 13. The normalized spacial score (nSPS) is 11.2. The molecule has 3 aromatic rings. The highest BCUT2D eigenvalue weighted by Gasteiger charge is 2.19. The van der Waals surface area contributed by atoms with Gasteiger partial charge in [0.05, 0.1) is 28.3 Å². The van der Waals surface area contributed by atoms with Crippen LogP contribution in [-0.4, -0.2) is 51.7 Å². The van der Waals surface area contributed by atoms with Gasteiger partial charge in [0.1, 0.15) is 34.9 Å². The summed E-state index contributed by atoms with van der Waals surface area (Å²) in [7, 11) is -3.64. The van der Waals surface area contributed by atoms with Gasteiger partial charge >= 0.3 is 11.9 Å². The zero-order chi connectivity index (χ0) is 29.3. The van der Waals surface area contributed by atoms with Crippen LogP contribution in [0.25, 0.3) is 10.6 Å². The molecule has 0 saturated carbocycles. The summed E-state index contributed by atoms with van der Waals surface area (Å²) in [4.78, 5) is 29.7. The molecular weight excluding hydrogens is 554 g/mol. The minimum absolute atomic E-state index is 0.0463. The van der Waals surface area contributed by atoms with Crippen molar-refractivity contribution in [1.29, 1.82) is 5.26 Å². The monoisotopic (exact) mass is 585 g/mol. The fourth-order valence-corrected chi connectivity index (χ4v) is 5.44. The van der Waals surface area contributed by atoms with E-state index >= 15 is 0 Å². The highest BCUT2D eigenvalue weighted by molar-refractivity contribution is 7.89. The van der Waals surface area contributed by atoms with Crippen molar-refractivity contribution in [3.8, 4) is 22.4 Å². The van der Waals surface area contributed by atoms with Crippen LogP contribution in [0.5, 0.6) is 5.75 Å². The molecule has 0 radical (unpaired) electrons. The summed E-state index contributed by atoms with van der Waals surface area (Å²) in [6.07, 6.45) is 0.656. The zero-order valence-electron chi connectivity index (χ0n) is 22.7. The number of nitriles is 1. The molecule has 0 spiro atoms. The van der Waals surface area contributed by atoms with E-state index in [1.54, 1.807) is 25.1 Å². The molecule has 0 amide bonds. The van der Waals surface area contributed by atoms with Crippen LogP contribution in [0.2, 0.25) is 0 Å². The van der Waals surface area contributed by atoms with Gasteiger partial charge in [0.25, 0.3) is 0 Å². The van der Waals surface area contributed by atoms with E-state index in [1.807, 2.05) is 20.8 Å². The molecule has 40 heavy (non-hydrogen) atoms. The molecule has 10 nitrogen and oxygen atoms in total. The highest BCUT2D eigenvalue weighted by Crippen LogP contribution is 2.31. The smallest absolute Gasteiger partial charge is 0.350 e. The summed E-state index contributed by atoms with van der Waals surface area (Å²) in [5.41, 5.74) is 1.70. The molecule has 0 unspecified atom stereocenters. The lowest BCUT2D eigenvalue weighted by Gasteiger charge is -2.10. The van der Waals surface area contributed by atoms with Crippen LogP contribution in [0.4, 0.5) is 0 Å². The average Bonchev–Trinajstić information content (AvgIpc) is 3.34. The third-order valence-corrected chi connectivity index (χ3v) is 8.06. The van der Waals surface area contributed by atoms with Gasteiger partial charge in [0, 0.05) is 12.1 Å². The molecule has 0 aliphatic heterocycles. The Labute approximate surface area is 238 Å². The summed E-state index contributed by atoms with van der Waals surface area (Å²) in [5.74, 6) is -0.474. The van der Waals surface area contributed by atoms with E-state index in [1.165, 1.54) is 24.3 Å². The van der Waals surface area contributed by atoms with E-state index in [2.05, 4.69) is 15.8 Å². The molecule has 0 atom stereocenters. The maximum Gasteiger partial charge on any atom is 0.350 e. The first-order valence-electron chi connectivity index (χ1n) is 12.6. The Morgan fingerprint density at radius 2 is 1.75 bits per heavy atom. The first kappa shape index (κ1) is 30.7. The number of nitrogens with one attached hydrogen (secondary N) is 1. The van der Waals surface area contributed by atoms with Gasteiger partial charge in [-0.2, -0.15) is 5.26 Å². The minimum atomic E-state index is -3.64. The Morgan fingerprint density at radius 1 is 1.07 bits per heavy atom. The number of thiazole rings is 1. The molecule has 12 heteroatoms. The number of carbonyl (C=O) groups excluding carboxylic acids is 2. The van der Waals surface area contributed by atoms with E-state index in [0.717, 1.165) is 11.3 Å². The lowest BCUT2D eigenvalue weighted by atomic mass is 10.1. The van der Waals surface area contributed by atoms with Crippen LogP contribution in [-0.2, 0) is 19.5 Å². The van der Waals surface area contributed by atoms with Gasteiger partial charge in [-0.15, -0.1) is 11.3 Å². The number of sulfonamides is 1. The number of esters is 2. The number of carbonyl (C=O) groups is 2. The number of ether oxygens (including phenoxy) is 3. The minimum Gasteiger partial charge on any atom is -0.492 e. The van der Waals surface area contributed by atoms with Crippen LogP contribution in [0.3, 0.4) is 0 Å². The van der Waals surface area contributed by atoms with Crippen molar-refractivity contribution in [3.63, 3.8) is 0 Å². The number of nitrogens with zero attached hydrogens (tertiary/aromatic N) is 2. The fourth-order valence-electron chi connectivity index (χ4n) is 3.35. The van der Waals surface area contributed by atoms with Gasteiger partial charge in [-0.25, -0.2) is 27.7 Å². The number of aromatic nitrogens is 1. The molecule has 1 aromatic heterocycles. The molecule has 0 bridgehead atoms. The van der Waals surface area contributed by atoms with Crippen molar-refractivity contribution in [2.75, 3.05) is 26.4 Å². The Hall–Kier alpha value is -3.79. The third-order valence-electron chi connectivity index (χ3n) is 5.39. The fraction of sp³-hybridized carbons (Fsp3) is 0.357. The molecule has 1 N–H and O–H groups in total. The van der Waals surface area contributed by atoms with Crippen LogP contribution < -0.4 is 9.46 Å². The van der Waals surface area contributed by atoms with E-state index in [-0.39, 0.29) is 23.7 Å². The Kier molecular flexibility index (Phi) is 10.8. The second-order valence-electron chi connectivity index (χ2n) is 9.16. The second kappa shape index (κ2) is 14.0. The molecular formula is C28H31N3O7S2. The molecule has 2 aromatic carbocycles. The summed E-state index contributed by atoms with van der Waals surface area (Å²) in [6.45, 7) is 8.02. The largest absolute Gasteiger partial charge is 0.492 e. The predicted molar refractivity (Wildman–Crippen MR) is 150 cm³/mol. The quantitative estimate of drug-likeness (QED) is 0.222. The van der Waals surface area contributed by atoms with Gasteiger partial charge in [0.15, 0.2) is 0 Å². The van der Waals surface area contributed by atoms with Gasteiger partial charge in [-0.05, 0) is 61.7 Å². The molecule has 212 valence electrons. The van der Waals surface area contributed by atoms with Crippen LogP contribution >= 0.6 is 11.3 Å². The predicted octanol–water partition coefficient (Wildman–Crippen LogP) is 4.73. The summed E-state index contributed by atoms with van der Waals surface area (Å²) in [6, 6.07) is 12.7. The second-order valence-corrected chi connectivity index (χ2v) is 11.9. The number of benzene rings is 2. The third kappa shape index (κ3) is 8.11. The Bertz CT molecular complexity index is 1490. The maximum absolute atomic E-state index is 12.6. The van der Waals surface area contributed by atoms with Gasteiger partial charge in [-0.3, -0.25) is 0 Å². The highest BCUT2D eigenvalue weighted by atomic mass is 32.2. The Balaban J connectivity index is 1.55. The summed E-state index contributed by atoms with van der Waals surface area (Å²) < 4.78 is 42.9. The van der Waals surface area contributed by atoms with Crippen molar-refractivity contribution < 1.29 is 32.2 Å². The van der Waals surface area contributed by atoms with E-state index in [9.17, 15) is 23.3 Å². The molecule has 1 heterocycles. The van der Waals surface area contributed by atoms with Gasteiger partial charge in [0.2, 0.25) is 10.0 Å². The van der Waals surface area contributed by atoms with Crippen molar-refractivity contribution in [2.24, 2.45) is 5.92 Å². The van der Waals surface area contributed by atoms with Crippen molar-refractivity contribution >= 4 is 33.3 Å². The van der Waals surface area contributed by atoms with Gasteiger partial charge < -0.3 is 14.2 Å². The van der Waals surface area contributed by atoms with Crippen molar-refractivity contribution in [2.45, 2.75) is 39.0 Å². The topological polar surface area (TPSA) is 145 Å². The van der Waals surface area contributed by atoms with Gasteiger partial charge in [-0.1, -0.05) is 20.8 Å². The lowest BCUT2D eigenvalue weighted by molar-refractivity contribution is 0.0268. The first-order chi connectivity index (χ1) is 19.1. The summed E-state index contributed by atoms with van der Waals surface area (Å²) >= 11 is 1.14. The maximum atomic E-state index is 12.6. The van der Waals surface area contributed by atoms with Crippen molar-refractivity contribution in [3.05, 3.63) is 64.2 Å². The van der Waals surface area contributed by atoms with E-state index < -0.39 is 22.0 Å². The standard InChI is InChI=1S/C28H31N3O7S2/c1-5-12-30-40(34,35)23-9-6-20(7-10-23)27(32)36-13-14-37-28(33)25-19(4)31-26(39-25)21-8-11-24(22(15-21)16-29)38-17-18(2)3/h6-11,15,18,30H,5,12-14,17H2,1-4H3.